The molecule has 3 heterocycles. The molecule has 2 aliphatic heterocycles. The molecule has 3 aliphatic rings. The molecule has 0 radical (unpaired) electrons. The highest BCUT2D eigenvalue weighted by Gasteiger charge is 2.34. The van der Waals surface area contributed by atoms with Gasteiger partial charge in [-0.1, -0.05) is 24.3 Å². The number of benzene rings is 1. The van der Waals surface area contributed by atoms with Crippen molar-refractivity contribution in [3.8, 4) is 0 Å². The van der Waals surface area contributed by atoms with Crippen molar-refractivity contribution in [3.63, 3.8) is 0 Å². The van der Waals surface area contributed by atoms with Crippen LogP contribution in [-0.4, -0.2) is 65.6 Å². The fraction of sp³-hybridized carbons (Fsp3) is 0.346. The van der Waals surface area contributed by atoms with E-state index in [1.54, 1.807) is 17.2 Å². The van der Waals surface area contributed by atoms with Gasteiger partial charge in [0.15, 0.2) is 0 Å². The highest BCUT2D eigenvalue weighted by molar-refractivity contribution is 5.94. The summed E-state index contributed by atoms with van der Waals surface area (Å²) in [6.45, 7) is 3.64. The van der Waals surface area contributed by atoms with Gasteiger partial charge in [-0.3, -0.25) is 9.69 Å². The van der Waals surface area contributed by atoms with Gasteiger partial charge in [-0.2, -0.15) is 0 Å². The minimum Gasteiger partial charge on any atom is -0.440 e. The maximum atomic E-state index is 13.2. The van der Waals surface area contributed by atoms with Crippen molar-refractivity contribution >= 4 is 17.8 Å². The zero-order chi connectivity index (χ0) is 23.5. The molecule has 34 heavy (non-hydrogen) atoms. The Kier molecular flexibility index (Phi) is 6.29. The number of amides is 2. The van der Waals surface area contributed by atoms with Crippen LogP contribution in [0.15, 0.2) is 72.2 Å². The van der Waals surface area contributed by atoms with Crippen LogP contribution in [-0.2, 0) is 11.3 Å². The molecule has 2 aromatic rings. The molecule has 5 rings (SSSR count). The summed E-state index contributed by atoms with van der Waals surface area (Å²) >= 11 is 0. The van der Waals surface area contributed by atoms with Crippen LogP contribution in [0, 0.1) is 0 Å². The summed E-state index contributed by atoms with van der Waals surface area (Å²) < 4.78 is 18.7. The predicted molar refractivity (Wildman–Crippen MR) is 126 cm³/mol. The third-order valence-corrected chi connectivity index (χ3v) is 6.55. The third kappa shape index (κ3) is 4.81. The van der Waals surface area contributed by atoms with E-state index in [1.165, 1.54) is 6.08 Å². The highest BCUT2D eigenvalue weighted by Crippen LogP contribution is 2.28. The molecule has 0 bridgehead atoms. The lowest BCUT2D eigenvalue weighted by molar-refractivity contribution is 0.0746. The van der Waals surface area contributed by atoms with Gasteiger partial charge in [0.05, 0.1) is 6.54 Å². The number of carbonyl (C=O) groups is 2. The average molecular weight is 463 g/mol. The molecule has 7 nitrogen and oxygen atoms in total. The zero-order valence-electron chi connectivity index (χ0n) is 18.9. The Morgan fingerprint density at radius 3 is 2.50 bits per heavy atom. The highest BCUT2D eigenvalue weighted by atomic mass is 19.1. The number of cyclic esters (lactones) is 1. The van der Waals surface area contributed by atoms with Crippen LogP contribution in [0.2, 0.25) is 0 Å². The first kappa shape index (κ1) is 22.1. The molecule has 0 N–H and O–H groups in total. The second-order valence-corrected chi connectivity index (χ2v) is 8.77. The second kappa shape index (κ2) is 9.67. The van der Waals surface area contributed by atoms with Gasteiger partial charge in [-0.25, -0.2) is 14.2 Å². The van der Waals surface area contributed by atoms with Gasteiger partial charge in [0.2, 0.25) is 0 Å². The van der Waals surface area contributed by atoms with Crippen LogP contribution in [0.25, 0.3) is 0 Å². The predicted octanol–water partition coefficient (Wildman–Crippen LogP) is 3.94. The van der Waals surface area contributed by atoms with Crippen LogP contribution in [0.1, 0.15) is 28.8 Å². The number of pyridine rings is 1. The molecule has 1 aromatic carbocycles. The van der Waals surface area contributed by atoms with E-state index < -0.39 is 0 Å². The maximum Gasteiger partial charge on any atom is 0.410 e. The Morgan fingerprint density at radius 2 is 1.82 bits per heavy atom. The first-order valence-electron chi connectivity index (χ1n) is 11.6. The molecular weight excluding hydrogens is 435 g/mol. The summed E-state index contributed by atoms with van der Waals surface area (Å²) in [7, 11) is 0. The Hall–Kier alpha value is -3.68. The fourth-order valence-corrected chi connectivity index (χ4v) is 4.56. The smallest absolute Gasteiger partial charge is 0.410 e. The molecule has 0 saturated carbocycles. The summed E-state index contributed by atoms with van der Waals surface area (Å²) in [5, 5.41) is 0. The van der Waals surface area contributed by atoms with Crippen molar-refractivity contribution in [2.45, 2.75) is 25.5 Å². The Balaban J connectivity index is 1.15. The number of rotatable bonds is 5. The number of allylic oxidation sites excluding steroid dienone is 3. The van der Waals surface area contributed by atoms with Crippen LogP contribution in [0.5, 0.6) is 0 Å². The third-order valence-electron chi connectivity index (χ3n) is 6.55. The molecule has 1 aromatic heterocycles. The average Bonchev–Trinajstić information content (AvgIpc) is 3.25. The lowest BCUT2D eigenvalue weighted by Gasteiger charge is -2.35. The summed E-state index contributed by atoms with van der Waals surface area (Å²) in [6.07, 6.45) is 5.17. The SMILES string of the molecule is O=C1OC(C2=CC=C(F)CC2)CN1Cc1ccc(C(=O)N2CCN(c3ccccn3)CC2)cc1. The number of halogens is 1. The van der Waals surface area contributed by atoms with Crippen molar-refractivity contribution in [2.75, 3.05) is 37.6 Å². The molecule has 2 saturated heterocycles. The van der Waals surface area contributed by atoms with Crippen LogP contribution < -0.4 is 4.90 Å². The van der Waals surface area contributed by atoms with E-state index >= 15 is 0 Å². The monoisotopic (exact) mass is 462 g/mol. The van der Waals surface area contributed by atoms with E-state index in [1.807, 2.05) is 47.4 Å². The molecular formula is C26H27FN4O3. The fourth-order valence-electron chi connectivity index (χ4n) is 4.56. The topological polar surface area (TPSA) is 66.0 Å². The van der Waals surface area contributed by atoms with Gasteiger partial charge >= 0.3 is 6.09 Å². The van der Waals surface area contributed by atoms with Crippen molar-refractivity contribution < 1.29 is 18.7 Å². The molecule has 8 heteroatoms. The molecule has 1 unspecified atom stereocenters. The normalized spacial score (nSPS) is 20.7. The number of carbonyl (C=O) groups excluding carboxylic acids is 2. The van der Waals surface area contributed by atoms with Gasteiger partial charge in [-0.05, 0) is 47.9 Å². The van der Waals surface area contributed by atoms with Crippen molar-refractivity contribution in [3.05, 3.63) is 83.3 Å². The van der Waals surface area contributed by atoms with E-state index in [9.17, 15) is 14.0 Å². The summed E-state index contributed by atoms with van der Waals surface area (Å²) in [5.74, 6) is 0.803. The number of aromatic nitrogens is 1. The second-order valence-electron chi connectivity index (χ2n) is 8.77. The lowest BCUT2D eigenvalue weighted by atomic mass is 9.99. The van der Waals surface area contributed by atoms with Gasteiger partial charge in [0.1, 0.15) is 17.7 Å². The standard InChI is InChI=1S/C26H27FN4O3/c27-22-10-8-20(9-11-22)23-18-31(26(33)34-23)17-19-4-6-21(7-5-19)25(32)30-15-13-29(14-16-30)24-3-1-2-12-28-24/h1-8,10,12,23H,9,11,13-18H2. The number of hydrogen-bond acceptors (Lipinski definition) is 5. The van der Waals surface area contributed by atoms with E-state index in [-0.39, 0.29) is 23.9 Å². The zero-order valence-corrected chi connectivity index (χ0v) is 18.9. The molecule has 1 aliphatic carbocycles. The van der Waals surface area contributed by atoms with Crippen LogP contribution in [0.4, 0.5) is 15.0 Å². The first-order valence-corrected chi connectivity index (χ1v) is 11.6. The number of anilines is 1. The van der Waals surface area contributed by atoms with Gasteiger partial charge in [-0.15, -0.1) is 0 Å². The van der Waals surface area contributed by atoms with Crippen molar-refractivity contribution in [1.29, 1.82) is 0 Å². The minimum absolute atomic E-state index is 0.0115. The quantitative estimate of drug-likeness (QED) is 0.674. The number of ether oxygens (including phenoxy) is 1. The molecule has 1 atom stereocenters. The largest absolute Gasteiger partial charge is 0.440 e. The Labute approximate surface area is 198 Å². The van der Waals surface area contributed by atoms with Gasteiger partial charge < -0.3 is 14.5 Å². The van der Waals surface area contributed by atoms with E-state index in [0.717, 1.165) is 30.0 Å². The lowest BCUT2D eigenvalue weighted by Crippen LogP contribution is -2.49. The summed E-state index contributed by atoms with van der Waals surface area (Å²) in [5.41, 5.74) is 2.51. The van der Waals surface area contributed by atoms with Crippen LogP contribution >= 0.6 is 0 Å². The number of piperazine rings is 1. The molecule has 2 amide bonds. The number of nitrogens with zero attached hydrogens (tertiary/aromatic N) is 4. The van der Waals surface area contributed by atoms with Gasteiger partial charge in [0, 0.05) is 50.9 Å². The molecule has 176 valence electrons. The summed E-state index contributed by atoms with van der Waals surface area (Å²) in [6, 6.07) is 13.3. The maximum absolute atomic E-state index is 13.2. The molecule has 0 spiro atoms. The van der Waals surface area contributed by atoms with E-state index in [4.69, 9.17) is 4.74 Å². The Bertz CT molecular complexity index is 1110. The van der Waals surface area contributed by atoms with E-state index in [0.29, 0.717) is 44.6 Å². The Morgan fingerprint density at radius 1 is 1.03 bits per heavy atom. The van der Waals surface area contributed by atoms with Crippen LogP contribution in [0.3, 0.4) is 0 Å². The minimum atomic E-state index is -0.369. The number of hydrogen-bond donors (Lipinski definition) is 0. The first-order chi connectivity index (χ1) is 16.6. The summed E-state index contributed by atoms with van der Waals surface area (Å²) in [4.78, 5) is 35.4. The van der Waals surface area contributed by atoms with E-state index in [2.05, 4.69) is 9.88 Å². The van der Waals surface area contributed by atoms with Crippen molar-refractivity contribution in [2.24, 2.45) is 0 Å². The van der Waals surface area contributed by atoms with Gasteiger partial charge in [0.25, 0.3) is 5.91 Å². The van der Waals surface area contributed by atoms with Crippen molar-refractivity contribution in [1.82, 2.24) is 14.8 Å². The molecule has 2 fully saturated rings.